The zero-order chi connectivity index (χ0) is 34.9. The summed E-state index contributed by atoms with van der Waals surface area (Å²) >= 11 is 0. The van der Waals surface area contributed by atoms with Gasteiger partial charge in [-0.3, -0.25) is 4.57 Å². The number of para-hydroxylation sites is 5. The molecule has 0 radical (unpaired) electrons. The van der Waals surface area contributed by atoms with Crippen molar-refractivity contribution in [2.45, 2.75) is 0 Å². The first-order valence-corrected chi connectivity index (χ1v) is 18.0. The largest absolute Gasteiger partial charge is 0.456 e. The molecule has 248 valence electrons. The Hall–Kier alpha value is -7.17. The third kappa shape index (κ3) is 4.66. The van der Waals surface area contributed by atoms with E-state index in [0.717, 1.165) is 83.7 Å². The second kappa shape index (κ2) is 11.7. The molecule has 1 aliphatic rings. The molecule has 3 heterocycles. The van der Waals surface area contributed by atoms with Gasteiger partial charge in [0.15, 0.2) is 0 Å². The number of nitrogens with one attached hydrogen (secondary N) is 1. The molecule has 1 aliphatic heterocycles. The number of furan rings is 1. The normalized spacial score (nSPS) is 11.9. The quantitative estimate of drug-likeness (QED) is 0.202. The van der Waals surface area contributed by atoms with Crippen LogP contribution in [0.4, 0.5) is 11.4 Å². The molecule has 0 amide bonds. The average molecular weight is 678 g/mol. The highest BCUT2D eigenvalue weighted by Gasteiger charge is 2.24. The van der Waals surface area contributed by atoms with E-state index in [0.29, 0.717) is 0 Å². The van der Waals surface area contributed by atoms with Gasteiger partial charge in [0.1, 0.15) is 17.0 Å². The highest BCUT2D eigenvalue weighted by atomic mass is 16.3. The lowest BCUT2D eigenvalue weighted by Gasteiger charge is -2.17. The van der Waals surface area contributed by atoms with Crippen LogP contribution >= 0.6 is 0 Å². The molecule has 0 aliphatic carbocycles. The maximum atomic E-state index is 6.30. The molecule has 4 heteroatoms. The maximum absolute atomic E-state index is 6.30. The summed E-state index contributed by atoms with van der Waals surface area (Å²) in [6, 6.07) is 64.4. The van der Waals surface area contributed by atoms with Crippen molar-refractivity contribution < 1.29 is 4.42 Å². The minimum absolute atomic E-state index is 0.892. The van der Waals surface area contributed by atoms with Crippen LogP contribution in [-0.4, -0.2) is 9.55 Å². The summed E-state index contributed by atoms with van der Waals surface area (Å²) in [5.41, 5.74) is 17.5. The number of anilines is 2. The Morgan fingerprint density at radius 1 is 0.453 bits per heavy atom. The van der Waals surface area contributed by atoms with Gasteiger partial charge in [-0.1, -0.05) is 133 Å². The standard InChI is InChI=1S/C49H31N3O/c1-2-12-34(13-3-1)52-44-21-8-7-20-43(44)51-49(52)32-26-24-31(25-27-32)33-28-29-42-41(30-33)36-15-5-4-14-35(36)38-18-10-19-39(48(38)50-42)37-17-11-23-46-47(37)40-16-6-9-22-45(40)53-46/h1-30,50H. The fourth-order valence-electron chi connectivity index (χ4n) is 8.15. The molecule has 0 fully saturated rings. The number of fused-ring (bicyclic) bond motifs is 9. The van der Waals surface area contributed by atoms with Gasteiger partial charge in [-0.05, 0) is 76.3 Å². The fourth-order valence-corrected chi connectivity index (χ4v) is 8.15. The maximum Gasteiger partial charge on any atom is 0.145 e. The number of imidazole rings is 1. The van der Waals surface area contributed by atoms with Crippen LogP contribution in [0.5, 0.6) is 0 Å². The van der Waals surface area contributed by atoms with Gasteiger partial charge in [0.25, 0.3) is 0 Å². The van der Waals surface area contributed by atoms with E-state index in [4.69, 9.17) is 9.40 Å². The highest BCUT2D eigenvalue weighted by molar-refractivity contribution is 6.15. The smallest absolute Gasteiger partial charge is 0.145 e. The lowest BCUT2D eigenvalue weighted by atomic mass is 9.90. The number of hydrogen-bond acceptors (Lipinski definition) is 3. The van der Waals surface area contributed by atoms with Crippen LogP contribution in [0.25, 0.3) is 94.6 Å². The van der Waals surface area contributed by atoms with Gasteiger partial charge in [0, 0.05) is 44.4 Å². The van der Waals surface area contributed by atoms with E-state index < -0.39 is 0 Å². The van der Waals surface area contributed by atoms with Gasteiger partial charge >= 0.3 is 0 Å². The number of hydrogen-bond donors (Lipinski definition) is 1. The van der Waals surface area contributed by atoms with Crippen molar-refractivity contribution in [3.63, 3.8) is 0 Å². The van der Waals surface area contributed by atoms with Crippen molar-refractivity contribution in [3.05, 3.63) is 182 Å². The Morgan fingerprint density at radius 2 is 1.08 bits per heavy atom. The summed E-state index contributed by atoms with van der Waals surface area (Å²) in [6.07, 6.45) is 0. The molecule has 0 saturated carbocycles. The van der Waals surface area contributed by atoms with E-state index in [1.54, 1.807) is 0 Å². The second-order valence-electron chi connectivity index (χ2n) is 13.6. The lowest BCUT2D eigenvalue weighted by molar-refractivity contribution is 0.669. The van der Waals surface area contributed by atoms with Crippen molar-refractivity contribution in [1.29, 1.82) is 0 Å². The molecule has 0 saturated heterocycles. The van der Waals surface area contributed by atoms with Crippen molar-refractivity contribution in [3.8, 4) is 61.6 Å². The monoisotopic (exact) mass is 677 g/mol. The van der Waals surface area contributed by atoms with Crippen LogP contribution in [0.15, 0.2) is 186 Å². The van der Waals surface area contributed by atoms with E-state index >= 15 is 0 Å². The average Bonchev–Trinajstić information content (AvgIpc) is 3.77. The minimum atomic E-state index is 0.892. The number of rotatable bonds is 4. The Bertz CT molecular complexity index is 3020. The summed E-state index contributed by atoms with van der Waals surface area (Å²) < 4.78 is 8.54. The highest BCUT2D eigenvalue weighted by Crippen LogP contribution is 2.50. The van der Waals surface area contributed by atoms with E-state index in [1.165, 1.54) is 22.3 Å². The van der Waals surface area contributed by atoms with Gasteiger partial charge in [0.2, 0.25) is 0 Å². The number of aromatic nitrogens is 2. The summed E-state index contributed by atoms with van der Waals surface area (Å²) in [5, 5.41) is 6.18. The number of benzene rings is 8. The van der Waals surface area contributed by atoms with Gasteiger partial charge in [0.05, 0.1) is 16.7 Å². The topological polar surface area (TPSA) is 43.0 Å². The van der Waals surface area contributed by atoms with Gasteiger partial charge in [-0.25, -0.2) is 4.98 Å². The first kappa shape index (κ1) is 29.5. The molecular weight excluding hydrogens is 647 g/mol. The molecule has 8 aromatic carbocycles. The van der Waals surface area contributed by atoms with Crippen LogP contribution in [0.2, 0.25) is 0 Å². The number of nitrogens with zero attached hydrogens (tertiary/aromatic N) is 2. The van der Waals surface area contributed by atoms with Crippen molar-refractivity contribution in [2.24, 2.45) is 0 Å². The van der Waals surface area contributed by atoms with E-state index in [1.807, 2.05) is 24.3 Å². The van der Waals surface area contributed by atoms with Crippen molar-refractivity contribution in [1.82, 2.24) is 9.55 Å². The molecule has 0 bridgehead atoms. The molecular formula is C49H31N3O. The van der Waals surface area contributed by atoms with E-state index in [-0.39, 0.29) is 0 Å². The first-order valence-electron chi connectivity index (χ1n) is 18.0. The lowest BCUT2D eigenvalue weighted by Crippen LogP contribution is -1.97. The molecule has 10 aromatic rings. The van der Waals surface area contributed by atoms with Crippen molar-refractivity contribution >= 4 is 44.3 Å². The van der Waals surface area contributed by atoms with E-state index in [9.17, 15) is 0 Å². The van der Waals surface area contributed by atoms with E-state index in [2.05, 4.69) is 168 Å². The van der Waals surface area contributed by atoms with Gasteiger partial charge in [-0.2, -0.15) is 0 Å². The first-order chi connectivity index (χ1) is 26.3. The minimum Gasteiger partial charge on any atom is -0.456 e. The van der Waals surface area contributed by atoms with Crippen LogP contribution in [0, 0.1) is 0 Å². The Balaban J connectivity index is 1.02. The SMILES string of the molecule is c1ccc(-n2c(-c3ccc(-c4ccc5c(c4)-c4ccccc4-c4cccc(-c6cccc7oc8ccccc8c67)c4N5)cc3)nc3ccccc32)cc1. The molecule has 0 unspecified atom stereocenters. The molecule has 0 spiro atoms. The van der Waals surface area contributed by atoms with Crippen LogP contribution in [-0.2, 0) is 0 Å². The zero-order valence-corrected chi connectivity index (χ0v) is 28.6. The summed E-state index contributed by atoms with van der Waals surface area (Å²) in [4.78, 5) is 5.08. The Labute approximate surface area is 306 Å². The summed E-state index contributed by atoms with van der Waals surface area (Å²) in [5.74, 6) is 0.927. The fraction of sp³-hybridized carbons (Fsp3) is 0. The summed E-state index contributed by atoms with van der Waals surface area (Å²) in [7, 11) is 0. The predicted octanol–water partition coefficient (Wildman–Crippen LogP) is 13.3. The Morgan fingerprint density at radius 3 is 1.94 bits per heavy atom. The molecule has 1 N–H and O–H groups in total. The van der Waals surface area contributed by atoms with Gasteiger partial charge < -0.3 is 9.73 Å². The third-order valence-electron chi connectivity index (χ3n) is 10.6. The van der Waals surface area contributed by atoms with Crippen LogP contribution in [0.1, 0.15) is 0 Å². The molecule has 53 heavy (non-hydrogen) atoms. The zero-order valence-electron chi connectivity index (χ0n) is 28.6. The Kier molecular flexibility index (Phi) is 6.52. The predicted molar refractivity (Wildman–Crippen MR) is 219 cm³/mol. The second-order valence-corrected chi connectivity index (χ2v) is 13.6. The molecule has 11 rings (SSSR count). The third-order valence-corrected chi connectivity index (χ3v) is 10.6. The summed E-state index contributed by atoms with van der Waals surface area (Å²) in [6.45, 7) is 0. The molecule has 0 atom stereocenters. The van der Waals surface area contributed by atoms with Crippen LogP contribution < -0.4 is 5.32 Å². The van der Waals surface area contributed by atoms with Crippen molar-refractivity contribution in [2.75, 3.05) is 5.32 Å². The molecule has 2 aromatic heterocycles. The van der Waals surface area contributed by atoms with Crippen LogP contribution in [0.3, 0.4) is 0 Å². The van der Waals surface area contributed by atoms with Gasteiger partial charge in [-0.15, -0.1) is 0 Å². The molecule has 4 nitrogen and oxygen atoms in total.